The van der Waals surface area contributed by atoms with Crippen LogP contribution in [0.25, 0.3) is 10.8 Å². The predicted octanol–water partition coefficient (Wildman–Crippen LogP) is 4.22. The zero-order chi connectivity index (χ0) is 25.3. The second kappa shape index (κ2) is 9.63. The maximum atomic E-state index is 13.5. The van der Waals surface area contributed by atoms with Crippen molar-refractivity contribution in [3.63, 3.8) is 0 Å². The third kappa shape index (κ3) is 5.12. The number of methoxy groups -OCH3 is 1. The Hall–Kier alpha value is -3.30. The summed E-state index contributed by atoms with van der Waals surface area (Å²) in [7, 11) is -2.06. The van der Waals surface area contributed by atoms with Crippen molar-refractivity contribution < 1.29 is 23.1 Å². The van der Waals surface area contributed by atoms with Gasteiger partial charge in [0.1, 0.15) is 5.75 Å². The summed E-state index contributed by atoms with van der Waals surface area (Å²) in [5.74, 6) is 0.0960. The number of hydrogen-bond acceptors (Lipinski definition) is 6. The van der Waals surface area contributed by atoms with Crippen molar-refractivity contribution in [3.8, 4) is 5.75 Å². The van der Waals surface area contributed by atoms with E-state index in [1.807, 2.05) is 36.4 Å². The molecule has 3 aromatic carbocycles. The maximum absolute atomic E-state index is 13.5. The Morgan fingerprint density at radius 3 is 2.53 bits per heavy atom. The van der Waals surface area contributed by atoms with E-state index < -0.39 is 16.6 Å². The number of benzene rings is 3. The van der Waals surface area contributed by atoms with Crippen LogP contribution in [0.5, 0.6) is 5.75 Å². The highest BCUT2D eigenvalue weighted by Gasteiger charge is 2.44. The SMILES string of the molecule is COc1ccc2c(NC(=O)c3ccc(NS(=O)(=O)CCO)cc3N3CCC4(CC3)CC4)cccc2c1. The van der Waals surface area contributed by atoms with Crippen molar-refractivity contribution in [2.24, 2.45) is 5.41 Å². The lowest BCUT2D eigenvalue weighted by atomic mass is 9.93. The van der Waals surface area contributed by atoms with Gasteiger partial charge in [-0.05, 0) is 78.9 Å². The van der Waals surface area contributed by atoms with E-state index >= 15 is 0 Å². The molecule has 5 rings (SSSR count). The number of aliphatic hydroxyl groups is 1. The minimum atomic E-state index is -3.68. The summed E-state index contributed by atoms with van der Waals surface area (Å²) in [6.45, 7) is 1.18. The molecule has 3 N–H and O–H groups in total. The Labute approximate surface area is 211 Å². The first-order valence-corrected chi connectivity index (χ1v) is 13.9. The van der Waals surface area contributed by atoms with E-state index in [-0.39, 0.29) is 11.7 Å². The molecule has 0 aromatic heterocycles. The van der Waals surface area contributed by atoms with Gasteiger partial charge in [0.05, 0.1) is 36.4 Å². The number of hydrogen-bond donors (Lipinski definition) is 3. The third-order valence-corrected chi connectivity index (χ3v) is 8.60. The van der Waals surface area contributed by atoms with E-state index in [2.05, 4.69) is 14.9 Å². The Kier molecular flexibility index (Phi) is 6.53. The number of piperidine rings is 1. The van der Waals surface area contributed by atoms with Gasteiger partial charge in [0.15, 0.2) is 0 Å². The molecule has 8 nitrogen and oxygen atoms in total. The van der Waals surface area contributed by atoms with E-state index in [0.717, 1.165) is 42.5 Å². The average Bonchev–Trinajstić information content (AvgIpc) is 3.62. The number of carbonyl (C=O) groups is 1. The average molecular weight is 510 g/mol. The fraction of sp³-hybridized carbons (Fsp3) is 0.370. The lowest BCUT2D eigenvalue weighted by Crippen LogP contribution is -2.35. The Balaban J connectivity index is 1.46. The van der Waals surface area contributed by atoms with Gasteiger partial charge in [-0.1, -0.05) is 12.1 Å². The van der Waals surface area contributed by atoms with Gasteiger partial charge in [-0.3, -0.25) is 9.52 Å². The molecule has 0 atom stereocenters. The van der Waals surface area contributed by atoms with Crippen molar-refractivity contribution in [2.75, 3.05) is 47.5 Å². The summed E-state index contributed by atoms with van der Waals surface area (Å²) in [6, 6.07) is 16.4. The number of nitrogens with zero attached hydrogens (tertiary/aromatic N) is 1. The maximum Gasteiger partial charge on any atom is 0.257 e. The molecular weight excluding hydrogens is 478 g/mol. The van der Waals surface area contributed by atoms with Crippen LogP contribution in [-0.4, -0.2) is 52.0 Å². The molecule has 2 fully saturated rings. The van der Waals surface area contributed by atoms with E-state index in [0.29, 0.717) is 28.0 Å². The molecule has 1 saturated carbocycles. The molecule has 9 heteroatoms. The van der Waals surface area contributed by atoms with Crippen molar-refractivity contribution in [1.29, 1.82) is 0 Å². The van der Waals surface area contributed by atoms with Crippen molar-refractivity contribution in [1.82, 2.24) is 0 Å². The van der Waals surface area contributed by atoms with Gasteiger partial charge in [0.2, 0.25) is 10.0 Å². The van der Waals surface area contributed by atoms with E-state index in [1.54, 1.807) is 25.3 Å². The predicted molar refractivity (Wildman–Crippen MR) is 143 cm³/mol. The normalized spacial score (nSPS) is 16.7. The van der Waals surface area contributed by atoms with Gasteiger partial charge in [-0.25, -0.2) is 8.42 Å². The first-order valence-electron chi connectivity index (χ1n) is 12.2. The second-order valence-corrected chi connectivity index (χ2v) is 11.6. The topological polar surface area (TPSA) is 108 Å². The molecule has 190 valence electrons. The fourth-order valence-electron chi connectivity index (χ4n) is 4.99. The molecule has 1 aliphatic carbocycles. The Morgan fingerprint density at radius 2 is 1.83 bits per heavy atom. The van der Waals surface area contributed by atoms with Gasteiger partial charge in [0.25, 0.3) is 5.91 Å². The van der Waals surface area contributed by atoms with E-state index in [9.17, 15) is 13.2 Å². The van der Waals surface area contributed by atoms with Gasteiger partial charge in [-0.15, -0.1) is 0 Å². The van der Waals surface area contributed by atoms with E-state index in [1.165, 1.54) is 12.8 Å². The summed E-state index contributed by atoms with van der Waals surface area (Å²) in [5, 5.41) is 14.0. The number of aliphatic hydroxyl groups excluding tert-OH is 1. The van der Waals surface area contributed by atoms with Gasteiger partial charge < -0.3 is 20.1 Å². The van der Waals surface area contributed by atoms with Crippen molar-refractivity contribution in [2.45, 2.75) is 25.7 Å². The highest BCUT2D eigenvalue weighted by atomic mass is 32.2. The van der Waals surface area contributed by atoms with Crippen molar-refractivity contribution >= 4 is 43.8 Å². The summed E-state index contributed by atoms with van der Waals surface area (Å²) >= 11 is 0. The van der Waals surface area contributed by atoms with E-state index in [4.69, 9.17) is 9.84 Å². The molecule has 1 heterocycles. The first kappa shape index (κ1) is 24.4. The molecule has 3 aromatic rings. The van der Waals surface area contributed by atoms with Crippen LogP contribution in [0.15, 0.2) is 54.6 Å². The van der Waals surface area contributed by atoms with Crippen LogP contribution in [0.1, 0.15) is 36.0 Å². The van der Waals surface area contributed by atoms with Crippen LogP contribution in [0.4, 0.5) is 17.1 Å². The summed E-state index contributed by atoms with van der Waals surface area (Å²) in [4.78, 5) is 15.7. The van der Waals surface area contributed by atoms with Crippen LogP contribution >= 0.6 is 0 Å². The lowest BCUT2D eigenvalue weighted by molar-refractivity contribution is 0.102. The zero-order valence-electron chi connectivity index (χ0n) is 20.3. The minimum absolute atomic E-state index is 0.259. The van der Waals surface area contributed by atoms with Gasteiger partial charge >= 0.3 is 0 Å². The molecule has 1 amide bonds. The number of amides is 1. The number of fused-ring (bicyclic) bond motifs is 1. The molecular formula is C27H31N3O5S. The first-order chi connectivity index (χ1) is 17.3. The molecule has 0 unspecified atom stereocenters. The number of sulfonamides is 1. The highest BCUT2D eigenvalue weighted by Crippen LogP contribution is 2.54. The molecule has 1 spiro atoms. The smallest absolute Gasteiger partial charge is 0.257 e. The van der Waals surface area contributed by atoms with Crippen LogP contribution in [0, 0.1) is 5.41 Å². The highest BCUT2D eigenvalue weighted by molar-refractivity contribution is 7.92. The van der Waals surface area contributed by atoms with Crippen LogP contribution in [-0.2, 0) is 10.0 Å². The summed E-state index contributed by atoms with van der Waals surface area (Å²) < 4.78 is 32.3. The van der Waals surface area contributed by atoms with Crippen molar-refractivity contribution in [3.05, 3.63) is 60.2 Å². The molecule has 0 bridgehead atoms. The minimum Gasteiger partial charge on any atom is -0.497 e. The van der Waals surface area contributed by atoms with Crippen LogP contribution in [0.3, 0.4) is 0 Å². The quantitative estimate of drug-likeness (QED) is 0.420. The number of nitrogens with one attached hydrogen (secondary N) is 2. The van der Waals surface area contributed by atoms with Crippen LogP contribution < -0.4 is 19.7 Å². The Bertz CT molecular complexity index is 1390. The number of rotatable bonds is 8. The number of carbonyl (C=O) groups excluding carboxylic acids is 1. The monoisotopic (exact) mass is 509 g/mol. The second-order valence-electron chi connectivity index (χ2n) is 9.71. The lowest BCUT2D eigenvalue weighted by Gasteiger charge is -2.35. The van der Waals surface area contributed by atoms with Crippen LogP contribution in [0.2, 0.25) is 0 Å². The third-order valence-electron chi connectivity index (χ3n) is 7.33. The molecule has 2 aliphatic rings. The molecule has 36 heavy (non-hydrogen) atoms. The zero-order valence-corrected chi connectivity index (χ0v) is 21.1. The molecule has 0 radical (unpaired) electrons. The number of anilines is 3. The molecule has 1 aliphatic heterocycles. The summed E-state index contributed by atoms with van der Waals surface area (Å²) in [5.41, 5.74) is 2.71. The number of ether oxygens (including phenoxy) is 1. The largest absolute Gasteiger partial charge is 0.497 e. The van der Waals surface area contributed by atoms with Gasteiger partial charge in [-0.2, -0.15) is 0 Å². The summed E-state index contributed by atoms with van der Waals surface area (Å²) in [6.07, 6.45) is 4.67. The Morgan fingerprint density at radius 1 is 1.06 bits per heavy atom. The van der Waals surface area contributed by atoms with Gasteiger partial charge in [0, 0.05) is 24.2 Å². The molecule has 1 saturated heterocycles. The fourth-order valence-corrected chi connectivity index (χ4v) is 5.81. The standard InChI is InChI=1S/C27H31N3O5S/c1-35-21-6-8-22-19(17-21)3-2-4-24(22)28-26(32)23-7-5-20(29-36(33,34)16-15-31)18-25(23)30-13-11-27(9-10-27)12-14-30/h2-8,17-18,29,31H,9-16H2,1H3,(H,28,32).